The molecule has 4 heteroatoms. The maximum absolute atomic E-state index is 10.6. The number of carboxylic acid groups (broad SMARTS) is 1. The van der Waals surface area contributed by atoms with E-state index in [1.807, 2.05) is 34.6 Å². The molecule has 1 unspecified atom stereocenters. The van der Waals surface area contributed by atoms with Crippen molar-refractivity contribution in [1.82, 2.24) is 4.90 Å². The Balaban J connectivity index is 0. The first kappa shape index (κ1) is 19.3. The van der Waals surface area contributed by atoms with Gasteiger partial charge in [0.25, 0.3) is 0 Å². The standard InChI is InChI=1S/C10H17NO3.2C2H6/c1-8(2)11-3-4-14-7-9(6-11)5-10(12)13;2*1-2/h9H,1,3-7H2,2H3,(H,12,13);2*1-2H3. The predicted molar refractivity (Wildman–Crippen MR) is 75.6 cm³/mol. The van der Waals surface area contributed by atoms with Crippen LogP contribution in [0.5, 0.6) is 0 Å². The van der Waals surface area contributed by atoms with Crippen molar-refractivity contribution in [2.45, 2.75) is 41.0 Å². The third-order valence-corrected chi connectivity index (χ3v) is 2.34. The number of nitrogens with zero attached hydrogens (tertiary/aromatic N) is 1. The largest absolute Gasteiger partial charge is 0.481 e. The molecular weight excluding hydrogens is 230 g/mol. The molecule has 0 radical (unpaired) electrons. The Bertz CT molecular complexity index is 229. The van der Waals surface area contributed by atoms with Crippen LogP contribution in [-0.2, 0) is 9.53 Å². The van der Waals surface area contributed by atoms with Crippen LogP contribution in [0.4, 0.5) is 0 Å². The van der Waals surface area contributed by atoms with E-state index in [1.54, 1.807) is 0 Å². The summed E-state index contributed by atoms with van der Waals surface area (Å²) < 4.78 is 5.34. The van der Waals surface area contributed by atoms with Gasteiger partial charge >= 0.3 is 5.97 Å². The topological polar surface area (TPSA) is 49.8 Å². The molecule has 0 aromatic carbocycles. The summed E-state index contributed by atoms with van der Waals surface area (Å²) in [7, 11) is 0. The van der Waals surface area contributed by atoms with Crippen LogP contribution in [0.25, 0.3) is 0 Å². The molecule has 18 heavy (non-hydrogen) atoms. The molecule has 1 saturated heterocycles. The van der Waals surface area contributed by atoms with Crippen LogP contribution in [-0.4, -0.2) is 42.3 Å². The number of carbonyl (C=O) groups is 1. The maximum Gasteiger partial charge on any atom is 0.303 e. The van der Waals surface area contributed by atoms with Gasteiger partial charge in [-0.1, -0.05) is 34.3 Å². The van der Waals surface area contributed by atoms with E-state index in [9.17, 15) is 4.79 Å². The second-order valence-electron chi connectivity index (χ2n) is 3.72. The van der Waals surface area contributed by atoms with E-state index in [2.05, 4.69) is 11.5 Å². The van der Waals surface area contributed by atoms with Crippen molar-refractivity contribution in [2.24, 2.45) is 5.92 Å². The van der Waals surface area contributed by atoms with Crippen molar-refractivity contribution < 1.29 is 14.6 Å². The highest BCUT2D eigenvalue weighted by atomic mass is 16.5. The first-order chi connectivity index (χ1) is 8.59. The first-order valence-electron chi connectivity index (χ1n) is 6.79. The highest BCUT2D eigenvalue weighted by Crippen LogP contribution is 2.13. The molecule has 0 bridgehead atoms. The summed E-state index contributed by atoms with van der Waals surface area (Å²) in [5.41, 5.74) is 0.978. The number of rotatable bonds is 3. The van der Waals surface area contributed by atoms with Crippen LogP contribution >= 0.6 is 0 Å². The third-order valence-electron chi connectivity index (χ3n) is 2.34. The molecular formula is C14H29NO3. The summed E-state index contributed by atoms with van der Waals surface area (Å²) in [4.78, 5) is 12.6. The van der Waals surface area contributed by atoms with Crippen LogP contribution < -0.4 is 0 Å². The Morgan fingerprint density at radius 1 is 1.39 bits per heavy atom. The van der Waals surface area contributed by atoms with Crippen molar-refractivity contribution in [3.8, 4) is 0 Å². The molecule has 4 nitrogen and oxygen atoms in total. The molecule has 108 valence electrons. The predicted octanol–water partition coefficient (Wildman–Crippen LogP) is 3.00. The lowest BCUT2D eigenvalue weighted by atomic mass is 10.1. The smallest absolute Gasteiger partial charge is 0.303 e. The van der Waals surface area contributed by atoms with Gasteiger partial charge in [-0.05, 0) is 6.92 Å². The van der Waals surface area contributed by atoms with Crippen molar-refractivity contribution in [3.63, 3.8) is 0 Å². The highest BCUT2D eigenvalue weighted by molar-refractivity contribution is 5.67. The second kappa shape index (κ2) is 12.4. The zero-order chi connectivity index (χ0) is 14.6. The van der Waals surface area contributed by atoms with Gasteiger partial charge in [0.05, 0.1) is 19.6 Å². The summed E-state index contributed by atoms with van der Waals surface area (Å²) in [6.07, 6.45) is 0.170. The minimum atomic E-state index is -0.762. The van der Waals surface area contributed by atoms with Gasteiger partial charge in [-0.3, -0.25) is 4.79 Å². The van der Waals surface area contributed by atoms with Gasteiger partial charge in [-0.25, -0.2) is 0 Å². The fourth-order valence-electron chi connectivity index (χ4n) is 1.60. The van der Waals surface area contributed by atoms with E-state index in [4.69, 9.17) is 9.84 Å². The minimum absolute atomic E-state index is 0.0756. The van der Waals surface area contributed by atoms with Crippen molar-refractivity contribution >= 4 is 5.97 Å². The summed E-state index contributed by atoms with van der Waals surface area (Å²) in [5.74, 6) is -0.686. The normalized spacial score (nSPS) is 18.5. The number of aliphatic carboxylic acids is 1. The molecule has 0 aliphatic carbocycles. The van der Waals surface area contributed by atoms with Crippen LogP contribution in [0, 0.1) is 5.92 Å². The Morgan fingerprint density at radius 3 is 2.39 bits per heavy atom. The minimum Gasteiger partial charge on any atom is -0.481 e. The van der Waals surface area contributed by atoms with E-state index in [-0.39, 0.29) is 12.3 Å². The van der Waals surface area contributed by atoms with Gasteiger partial charge in [-0.2, -0.15) is 0 Å². The van der Waals surface area contributed by atoms with Crippen LogP contribution in [0.15, 0.2) is 12.3 Å². The van der Waals surface area contributed by atoms with Crippen molar-refractivity contribution in [2.75, 3.05) is 26.3 Å². The SMILES string of the molecule is C=C(C)N1CCOCC(CC(=O)O)C1.CC.CC. The van der Waals surface area contributed by atoms with Crippen LogP contribution in [0.2, 0.25) is 0 Å². The van der Waals surface area contributed by atoms with E-state index in [1.165, 1.54) is 0 Å². The quantitative estimate of drug-likeness (QED) is 0.846. The molecule has 1 heterocycles. The van der Waals surface area contributed by atoms with Gasteiger partial charge < -0.3 is 14.7 Å². The van der Waals surface area contributed by atoms with E-state index < -0.39 is 5.97 Å². The molecule has 1 fully saturated rings. The molecule has 1 N–H and O–H groups in total. The maximum atomic E-state index is 10.6. The summed E-state index contributed by atoms with van der Waals surface area (Å²) in [5, 5.41) is 8.69. The molecule has 1 aliphatic rings. The zero-order valence-corrected chi connectivity index (χ0v) is 12.5. The van der Waals surface area contributed by atoms with Crippen LogP contribution in [0.1, 0.15) is 41.0 Å². The van der Waals surface area contributed by atoms with Crippen molar-refractivity contribution in [3.05, 3.63) is 12.3 Å². The van der Waals surface area contributed by atoms with E-state index in [0.29, 0.717) is 13.2 Å². The number of hydrogen-bond donors (Lipinski definition) is 1. The molecule has 1 atom stereocenters. The molecule has 0 aromatic rings. The summed E-state index contributed by atoms with van der Waals surface area (Å²) in [6, 6.07) is 0. The number of hydrogen-bond acceptors (Lipinski definition) is 3. The molecule has 0 saturated carbocycles. The van der Waals surface area contributed by atoms with Gasteiger partial charge in [0, 0.05) is 24.7 Å². The fraction of sp³-hybridized carbons (Fsp3) is 0.786. The summed E-state index contributed by atoms with van der Waals surface area (Å²) >= 11 is 0. The molecule has 0 spiro atoms. The van der Waals surface area contributed by atoms with Gasteiger partial charge in [0.2, 0.25) is 0 Å². The Kier molecular flexibility index (Phi) is 13.3. The van der Waals surface area contributed by atoms with E-state index >= 15 is 0 Å². The second-order valence-corrected chi connectivity index (χ2v) is 3.72. The lowest BCUT2D eigenvalue weighted by Crippen LogP contribution is -2.29. The number of ether oxygens (including phenoxy) is 1. The lowest BCUT2D eigenvalue weighted by Gasteiger charge is -2.24. The Hall–Kier alpha value is -1.03. The highest BCUT2D eigenvalue weighted by Gasteiger charge is 2.20. The summed E-state index contributed by atoms with van der Waals surface area (Å²) in [6.45, 7) is 16.5. The van der Waals surface area contributed by atoms with Crippen LogP contribution in [0.3, 0.4) is 0 Å². The average molecular weight is 259 g/mol. The Morgan fingerprint density at radius 2 is 1.94 bits per heavy atom. The number of carboxylic acids is 1. The van der Waals surface area contributed by atoms with Gasteiger partial charge in [-0.15, -0.1) is 0 Å². The van der Waals surface area contributed by atoms with Gasteiger partial charge in [0.15, 0.2) is 0 Å². The molecule has 0 amide bonds. The zero-order valence-electron chi connectivity index (χ0n) is 12.5. The Labute approximate surface area is 112 Å². The van der Waals surface area contributed by atoms with E-state index in [0.717, 1.165) is 18.8 Å². The lowest BCUT2D eigenvalue weighted by molar-refractivity contribution is -0.138. The van der Waals surface area contributed by atoms with Crippen molar-refractivity contribution in [1.29, 1.82) is 0 Å². The molecule has 0 aromatic heterocycles. The molecule has 1 rings (SSSR count). The monoisotopic (exact) mass is 259 g/mol. The average Bonchev–Trinajstić information content (AvgIpc) is 2.59. The fourth-order valence-corrected chi connectivity index (χ4v) is 1.60. The molecule has 1 aliphatic heterocycles. The first-order valence-corrected chi connectivity index (χ1v) is 6.79. The van der Waals surface area contributed by atoms with Gasteiger partial charge in [0.1, 0.15) is 0 Å². The third kappa shape index (κ3) is 9.05. The number of allylic oxidation sites excluding steroid dienone is 1.